The van der Waals surface area contributed by atoms with Crippen molar-refractivity contribution in [1.82, 2.24) is 0 Å². The molecule has 2 aromatic rings. The van der Waals surface area contributed by atoms with Crippen molar-refractivity contribution in [2.75, 3.05) is 7.11 Å². The molecule has 0 radical (unpaired) electrons. The predicted octanol–water partition coefficient (Wildman–Crippen LogP) is 4.32. The van der Waals surface area contributed by atoms with Crippen molar-refractivity contribution in [3.63, 3.8) is 0 Å². The second kappa shape index (κ2) is 7.12. The molecule has 1 aliphatic heterocycles. The first kappa shape index (κ1) is 17.9. The highest BCUT2D eigenvalue weighted by Gasteiger charge is 2.33. The minimum atomic E-state index is -0.479. The molecular weight excluding hydrogens is 332 g/mol. The van der Waals surface area contributed by atoms with Gasteiger partial charge in [0.15, 0.2) is 5.78 Å². The van der Waals surface area contributed by atoms with Crippen LogP contribution in [0.25, 0.3) is 0 Å². The lowest BCUT2D eigenvalue weighted by Gasteiger charge is -2.29. The number of fused-ring (bicyclic) bond motifs is 1. The molecule has 0 saturated carbocycles. The Balaban J connectivity index is 2.09. The number of carbonyl (C=O) groups excluding carboxylic acids is 1. The third kappa shape index (κ3) is 3.38. The number of aromatic hydroxyl groups is 2. The molecular formula is C21H22O5. The van der Waals surface area contributed by atoms with Crippen molar-refractivity contribution < 1.29 is 24.5 Å². The summed E-state index contributed by atoms with van der Waals surface area (Å²) in [5.74, 6) is 0.776. The molecule has 0 saturated heterocycles. The Morgan fingerprint density at radius 3 is 2.58 bits per heavy atom. The van der Waals surface area contributed by atoms with Gasteiger partial charge in [-0.2, -0.15) is 0 Å². The van der Waals surface area contributed by atoms with Gasteiger partial charge in [-0.25, -0.2) is 0 Å². The number of rotatable bonds is 4. The molecule has 1 heterocycles. The molecule has 2 N–H and O–H groups in total. The Hall–Kier alpha value is -2.95. The lowest BCUT2D eigenvalue weighted by Crippen LogP contribution is -2.22. The van der Waals surface area contributed by atoms with Crippen LogP contribution in [0.1, 0.15) is 47.9 Å². The van der Waals surface area contributed by atoms with Gasteiger partial charge in [-0.05, 0) is 38.0 Å². The minimum Gasteiger partial charge on any atom is -0.508 e. The van der Waals surface area contributed by atoms with Gasteiger partial charge in [-0.3, -0.25) is 4.79 Å². The number of phenolic OH excluding ortho intramolecular Hbond substituents is 2. The first-order valence-corrected chi connectivity index (χ1v) is 8.45. The maximum absolute atomic E-state index is 12.8. The van der Waals surface area contributed by atoms with Crippen LogP contribution < -0.4 is 9.47 Å². The minimum absolute atomic E-state index is 0.0391. The Morgan fingerprint density at radius 2 is 1.96 bits per heavy atom. The third-order valence-electron chi connectivity index (χ3n) is 4.43. The summed E-state index contributed by atoms with van der Waals surface area (Å²) < 4.78 is 11.4. The summed E-state index contributed by atoms with van der Waals surface area (Å²) in [6.45, 7) is 3.94. The van der Waals surface area contributed by atoms with Crippen molar-refractivity contribution in [2.45, 2.75) is 32.8 Å². The van der Waals surface area contributed by atoms with Gasteiger partial charge >= 0.3 is 0 Å². The topological polar surface area (TPSA) is 76.0 Å². The van der Waals surface area contributed by atoms with Crippen LogP contribution in [0.3, 0.4) is 0 Å². The summed E-state index contributed by atoms with van der Waals surface area (Å²) in [5.41, 5.74) is 2.83. The second-order valence-corrected chi connectivity index (χ2v) is 6.59. The van der Waals surface area contributed by atoms with E-state index >= 15 is 0 Å². The predicted molar refractivity (Wildman–Crippen MR) is 98.2 cm³/mol. The van der Waals surface area contributed by atoms with Crippen molar-refractivity contribution >= 4 is 5.78 Å². The van der Waals surface area contributed by atoms with Crippen LogP contribution in [-0.4, -0.2) is 23.1 Å². The van der Waals surface area contributed by atoms with Gasteiger partial charge in [0.05, 0.1) is 13.5 Å². The fraction of sp³-hybridized carbons (Fsp3) is 0.286. The van der Waals surface area contributed by atoms with E-state index in [4.69, 9.17) is 9.47 Å². The van der Waals surface area contributed by atoms with E-state index in [0.717, 1.165) is 11.1 Å². The molecule has 0 aliphatic carbocycles. The van der Waals surface area contributed by atoms with Gasteiger partial charge in [0, 0.05) is 11.6 Å². The second-order valence-electron chi connectivity index (χ2n) is 6.59. The van der Waals surface area contributed by atoms with E-state index < -0.39 is 6.10 Å². The number of phenols is 2. The Labute approximate surface area is 152 Å². The number of allylic oxidation sites excluding steroid dienone is 2. The zero-order valence-electron chi connectivity index (χ0n) is 15.1. The van der Waals surface area contributed by atoms with Crippen molar-refractivity contribution in [3.05, 3.63) is 58.7 Å². The number of hydrogen-bond donors (Lipinski definition) is 2. The van der Waals surface area contributed by atoms with Crippen molar-refractivity contribution in [1.29, 1.82) is 0 Å². The maximum atomic E-state index is 12.8. The largest absolute Gasteiger partial charge is 0.508 e. The average Bonchev–Trinajstić information content (AvgIpc) is 2.60. The van der Waals surface area contributed by atoms with E-state index in [1.165, 1.54) is 13.2 Å². The van der Waals surface area contributed by atoms with Crippen LogP contribution in [-0.2, 0) is 6.42 Å². The number of methoxy groups -OCH3 is 1. The Kier molecular flexibility index (Phi) is 4.89. The lowest BCUT2D eigenvalue weighted by molar-refractivity contribution is 0.0842. The van der Waals surface area contributed by atoms with Gasteiger partial charge in [-0.15, -0.1) is 0 Å². The maximum Gasteiger partial charge on any atom is 0.174 e. The fourth-order valence-corrected chi connectivity index (χ4v) is 3.05. The van der Waals surface area contributed by atoms with Gasteiger partial charge in [0.2, 0.25) is 0 Å². The summed E-state index contributed by atoms with van der Waals surface area (Å²) in [4.78, 5) is 12.8. The highest BCUT2D eigenvalue weighted by atomic mass is 16.5. The van der Waals surface area contributed by atoms with Crippen molar-refractivity contribution in [2.24, 2.45) is 0 Å². The molecule has 2 aromatic carbocycles. The zero-order valence-corrected chi connectivity index (χ0v) is 15.1. The van der Waals surface area contributed by atoms with E-state index in [9.17, 15) is 15.0 Å². The average molecular weight is 354 g/mol. The zero-order chi connectivity index (χ0) is 18.8. The highest BCUT2D eigenvalue weighted by molar-refractivity contribution is 6.03. The van der Waals surface area contributed by atoms with Gasteiger partial charge < -0.3 is 19.7 Å². The number of carbonyl (C=O) groups is 1. The van der Waals surface area contributed by atoms with Crippen LogP contribution in [0.15, 0.2) is 42.0 Å². The molecule has 0 amide bonds. The quantitative estimate of drug-likeness (QED) is 0.800. The van der Waals surface area contributed by atoms with Crippen LogP contribution in [0.4, 0.5) is 0 Å². The highest BCUT2D eigenvalue weighted by Crippen LogP contribution is 2.46. The monoisotopic (exact) mass is 354 g/mol. The lowest BCUT2D eigenvalue weighted by atomic mass is 9.92. The van der Waals surface area contributed by atoms with Crippen molar-refractivity contribution in [3.8, 4) is 23.0 Å². The molecule has 3 rings (SSSR count). The first-order chi connectivity index (χ1) is 12.4. The molecule has 136 valence electrons. The number of benzene rings is 2. The summed E-state index contributed by atoms with van der Waals surface area (Å²) in [6.07, 6.45) is 2.12. The van der Waals surface area contributed by atoms with E-state index in [1.807, 2.05) is 19.9 Å². The summed E-state index contributed by atoms with van der Waals surface area (Å²) >= 11 is 0. The molecule has 26 heavy (non-hydrogen) atoms. The van der Waals surface area contributed by atoms with Crippen LogP contribution >= 0.6 is 0 Å². The summed E-state index contributed by atoms with van der Waals surface area (Å²) in [7, 11) is 1.46. The Bertz CT molecular complexity index is 861. The smallest absolute Gasteiger partial charge is 0.174 e. The molecule has 0 bridgehead atoms. The van der Waals surface area contributed by atoms with Crippen LogP contribution in [0.5, 0.6) is 23.0 Å². The standard InChI is InChI=1S/C21H22O5/c1-12(2)4-9-15-16(23)10-19(25-3)20-17(24)11-18(26-21(15)20)13-5-7-14(22)8-6-13/h4-8,10,18,22-23H,9,11H2,1-3H3/t18-/m1/s1. The molecule has 0 unspecified atom stereocenters. The molecule has 5 nitrogen and oxygen atoms in total. The van der Waals surface area contributed by atoms with Gasteiger partial charge in [0.1, 0.15) is 34.7 Å². The van der Waals surface area contributed by atoms with E-state index in [-0.39, 0.29) is 23.7 Å². The molecule has 1 atom stereocenters. The molecule has 0 aromatic heterocycles. The van der Waals surface area contributed by atoms with E-state index in [2.05, 4.69) is 0 Å². The number of Topliss-reactive ketones (excluding diaryl/α,β-unsaturated/α-hetero) is 1. The van der Waals surface area contributed by atoms with E-state index in [1.54, 1.807) is 24.3 Å². The number of ether oxygens (including phenoxy) is 2. The van der Waals surface area contributed by atoms with Crippen LogP contribution in [0, 0.1) is 0 Å². The number of hydrogen-bond acceptors (Lipinski definition) is 5. The van der Waals surface area contributed by atoms with Gasteiger partial charge in [-0.1, -0.05) is 23.8 Å². The van der Waals surface area contributed by atoms with Crippen LogP contribution in [0.2, 0.25) is 0 Å². The number of ketones is 1. The van der Waals surface area contributed by atoms with E-state index in [0.29, 0.717) is 29.0 Å². The first-order valence-electron chi connectivity index (χ1n) is 8.45. The fourth-order valence-electron chi connectivity index (χ4n) is 3.05. The van der Waals surface area contributed by atoms with Gasteiger partial charge in [0.25, 0.3) is 0 Å². The Morgan fingerprint density at radius 1 is 1.27 bits per heavy atom. The SMILES string of the molecule is COc1cc(O)c(CC=C(C)C)c2c1C(=O)C[C@H](c1ccc(O)cc1)O2. The summed E-state index contributed by atoms with van der Waals surface area (Å²) in [6, 6.07) is 8.05. The normalized spacial score (nSPS) is 15.8. The molecule has 5 heteroatoms. The molecule has 0 fully saturated rings. The summed E-state index contributed by atoms with van der Waals surface area (Å²) in [5, 5.41) is 19.9. The molecule has 1 aliphatic rings. The molecule has 0 spiro atoms. The third-order valence-corrected chi connectivity index (χ3v) is 4.43.